The topological polar surface area (TPSA) is 95.5 Å². The highest BCUT2D eigenvalue weighted by atomic mass is 16.4. The summed E-state index contributed by atoms with van der Waals surface area (Å²) >= 11 is 0. The Kier molecular flexibility index (Phi) is 6.30. The average molecular weight is 320 g/mol. The van der Waals surface area contributed by atoms with Gasteiger partial charge >= 0.3 is 5.97 Å². The third kappa shape index (κ3) is 6.50. The van der Waals surface area contributed by atoms with Gasteiger partial charge in [-0.3, -0.25) is 14.4 Å². The van der Waals surface area contributed by atoms with Crippen LogP contribution in [0.1, 0.15) is 33.3 Å². The molecule has 0 heterocycles. The van der Waals surface area contributed by atoms with E-state index in [1.807, 2.05) is 0 Å². The molecule has 23 heavy (non-hydrogen) atoms. The minimum atomic E-state index is -0.836. The molecule has 6 nitrogen and oxygen atoms in total. The van der Waals surface area contributed by atoms with Crippen molar-refractivity contribution in [2.24, 2.45) is 11.3 Å². The van der Waals surface area contributed by atoms with Crippen LogP contribution in [0.15, 0.2) is 24.3 Å². The highest BCUT2D eigenvalue weighted by Crippen LogP contribution is 2.14. The second-order valence-electron chi connectivity index (χ2n) is 6.62. The monoisotopic (exact) mass is 320 g/mol. The van der Waals surface area contributed by atoms with E-state index in [-0.39, 0.29) is 18.4 Å². The molecule has 0 fully saturated rings. The Morgan fingerprint density at radius 1 is 1.13 bits per heavy atom. The smallest absolute Gasteiger partial charge is 0.306 e. The van der Waals surface area contributed by atoms with Crippen LogP contribution < -0.4 is 10.6 Å². The molecule has 0 aliphatic carbocycles. The third-order valence-corrected chi connectivity index (χ3v) is 3.29. The maximum atomic E-state index is 11.8. The largest absolute Gasteiger partial charge is 0.481 e. The highest BCUT2D eigenvalue weighted by molar-refractivity contribution is 5.95. The Balaban J connectivity index is 2.50. The zero-order chi connectivity index (χ0) is 17.6. The van der Waals surface area contributed by atoms with Gasteiger partial charge in [0.15, 0.2) is 0 Å². The van der Waals surface area contributed by atoms with Gasteiger partial charge in [0.1, 0.15) is 0 Å². The average Bonchev–Trinajstić information content (AvgIpc) is 2.45. The van der Waals surface area contributed by atoms with Crippen molar-refractivity contribution in [3.63, 3.8) is 0 Å². The van der Waals surface area contributed by atoms with E-state index in [9.17, 15) is 14.4 Å². The van der Waals surface area contributed by atoms with Crippen LogP contribution in [-0.2, 0) is 20.8 Å². The van der Waals surface area contributed by atoms with Crippen LogP contribution >= 0.6 is 0 Å². The van der Waals surface area contributed by atoms with E-state index >= 15 is 0 Å². The van der Waals surface area contributed by atoms with Gasteiger partial charge in [0.25, 0.3) is 0 Å². The summed E-state index contributed by atoms with van der Waals surface area (Å²) in [5.41, 5.74) is 0.952. The molecule has 0 saturated heterocycles. The van der Waals surface area contributed by atoms with Gasteiger partial charge in [0.05, 0.1) is 12.5 Å². The van der Waals surface area contributed by atoms with Crippen molar-refractivity contribution in [2.75, 3.05) is 11.9 Å². The van der Waals surface area contributed by atoms with Crippen molar-refractivity contribution in [1.29, 1.82) is 0 Å². The molecule has 6 heteroatoms. The van der Waals surface area contributed by atoms with Crippen molar-refractivity contribution in [3.05, 3.63) is 29.8 Å². The van der Waals surface area contributed by atoms with E-state index < -0.39 is 17.3 Å². The lowest BCUT2D eigenvalue weighted by Gasteiger charge is -2.17. The van der Waals surface area contributed by atoms with E-state index in [2.05, 4.69) is 10.6 Å². The summed E-state index contributed by atoms with van der Waals surface area (Å²) in [6.07, 6.45) is 0.436. The molecule has 1 aromatic carbocycles. The fourth-order valence-electron chi connectivity index (χ4n) is 1.80. The summed E-state index contributed by atoms with van der Waals surface area (Å²) in [5.74, 6) is -1.79. The minimum Gasteiger partial charge on any atom is -0.481 e. The first kappa shape index (κ1) is 18.7. The summed E-state index contributed by atoms with van der Waals surface area (Å²) < 4.78 is 0. The Hall–Kier alpha value is -2.37. The van der Waals surface area contributed by atoms with Crippen molar-refractivity contribution >= 4 is 23.5 Å². The maximum absolute atomic E-state index is 11.8. The predicted octanol–water partition coefficient (Wildman–Crippen LogP) is 2.05. The van der Waals surface area contributed by atoms with Crippen LogP contribution in [0.3, 0.4) is 0 Å². The van der Waals surface area contributed by atoms with Gasteiger partial charge < -0.3 is 15.7 Å². The molecule has 1 rings (SSSR count). The van der Waals surface area contributed by atoms with E-state index in [0.29, 0.717) is 12.1 Å². The number of amides is 2. The minimum absolute atomic E-state index is 0.0894. The summed E-state index contributed by atoms with van der Waals surface area (Å²) in [6, 6.07) is 6.99. The first-order valence-corrected chi connectivity index (χ1v) is 7.49. The van der Waals surface area contributed by atoms with Gasteiger partial charge in [0.2, 0.25) is 11.8 Å². The maximum Gasteiger partial charge on any atom is 0.306 e. The van der Waals surface area contributed by atoms with E-state index in [4.69, 9.17) is 5.11 Å². The Labute approximate surface area is 136 Å². The molecule has 0 aliphatic rings. The summed E-state index contributed by atoms with van der Waals surface area (Å²) in [4.78, 5) is 34.3. The van der Waals surface area contributed by atoms with Crippen LogP contribution in [0.5, 0.6) is 0 Å². The molecule has 1 atom stereocenters. The van der Waals surface area contributed by atoms with E-state index in [0.717, 1.165) is 5.56 Å². The number of carboxylic acid groups (broad SMARTS) is 1. The SMILES string of the molecule is CC(Cc1ccc(NC(=O)CNC(=O)C(C)(C)C)cc1)C(=O)O. The molecule has 0 spiro atoms. The Bertz CT molecular complexity index is 573. The molecular weight excluding hydrogens is 296 g/mol. The molecule has 126 valence electrons. The Morgan fingerprint density at radius 2 is 1.70 bits per heavy atom. The van der Waals surface area contributed by atoms with E-state index in [1.165, 1.54) is 0 Å². The summed E-state index contributed by atoms with van der Waals surface area (Å²) in [5, 5.41) is 14.1. The number of rotatable bonds is 6. The van der Waals surface area contributed by atoms with Gasteiger partial charge in [-0.05, 0) is 24.1 Å². The summed E-state index contributed by atoms with van der Waals surface area (Å²) in [7, 11) is 0. The first-order chi connectivity index (χ1) is 10.6. The fourth-order valence-corrected chi connectivity index (χ4v) is 1.80. The fraction of sp³-hybridized carbons (Fsp3) is 0.471. The number of carbonyl (C=O) groups is 3. The summed E-state index contributed by atoms with van der Waals surface area (Å²) in [6.45, 7) is 6.88. The highest BCUT2D eigenvalue weighted by Gasteiger charge is 2.21. The normalized spacial score (nSPS) is 12.3. The third-order valence-electron chi connectivity index (χ3n) is 3.29. The molecule has 0 aliphatic heterocycles. The molecule has 0 radical (unpaired) electrons. The standard InChI is InChI=1S/C17H24N2O4/c1-11(15(21)22)9-12-5-7-13(8-6-12)19-14(20)10-18-16(23)17(2,3)4/h5-8,11H,9-10H2,1-4H3,(H,18,23)(H,19,20)(H,21,22). The number of hydrogen-bond acceptors (Lipinski definition) is 3. The van der Waals surface area contributed by atoms with Crippen molar-refractivity contribution in [2.45, 2.75) is 34.1 Å². The van der Waals surface area contributed by atoms with Gasteiger partial charge in [0, 0.05) is 11.1 Å². The quantitative estimate of drug-likeness (QED) is 0.747. The van der Waals surface area contributed by atoms with Crippen LogP contribution in [-0.4, -0.2) is 29.4 Å². The lowest BCUT2D eigenvalue weighted by atomic mass is 9.96. The lowest BCUT2D eigenvalue weighted by Crippen LogP contribution is -2.39. The van der Waals surface area contributed by atoms with Crippen LogP contribution in [0.4, 0.5) is 5.69 Å². The van der Waals surface area contributed by atoms with Crippen LogP contribution in [0.25, 0.3) is 0 Å². The van der Waals surface area contributed by atoms with Crippen LogP contribution in [0.2, 0.25) is 0 Å². The number of carbonyl (C=O) groups excluding carboxylic acids is 2. The molecule has 1 aromatic rings. The Morgan fingerprint density at radius 3 is 2.17 bits per heavy atom. The molecular formula is C17H24N2O4. The number of anilines is 1. The molecule has 0 saturated carbocycles. The van der Waals surface area contributed by atoms with Crippen molar-refractivity contribution in [1.82, 2.24) is 5.32 Å². The number of aliphatic carboxylic acids is 1. The van der Waals surface area contributed by atoms with Gasteiger partial charge in [-0.1, -0.05) is 39.8 Å². The lowest BCUT2D eigenvalue weighted by molar-refractivity contribution is -0.141. The van der Waals surface area contributed by atoms with E-state index in [1.54, 1.807) is 52.0 Å². The molecule has 1 unspecified atom stereocenters. The zero-order valence-corrected chi connectivity index (χ0v) is 14.0. The second kappa shape index (κ2) is 7.76. The molecule has 3 N–H and O–H groups in total. The molecule has 2 amide bonds. The number of benzene rings is 1. The van der Waals surface area contributed by atoms with Gasteiger partial charge in [-0.2, -0.15) is 0 Å². The zero-order valence-electron chi connectivity index (χ0n) is 14.0. The van der Waals surface area contributed by atoms with Crippen molar-refractivity contribution in [3.8, 4) is 0 Å². The number of nitrogens with one attached hydrogen (secondary N) is 2. The van der Waals surface area contributed by atoms with Crippen molar-refractivity contribution < 1.29 is 19.5 Å². The number of carboxylic acids is 1. The molecule has 0 aromatic heterocycles. The molecule has 0 bridgehead atoms. The van der Waals surface area contributed by atoms with Gasteiger partial charge in [-0.15, -0.1) is 0 Å². The van der Waals surface area contributed by atoms with Gasteiger partial charge in [-0.25, -0.2) is 0 Å². The second-order valence-corrected chi connectivity index (χ2v) is 6.62. The first-order valence-electron chi connectivity index (χ1n) is 7.49. The number of hydrogen-bond donors (Lipinski definition) is 3. The van der Waals surface area contributed by atoms with Crippen LogP contribution in [0, 0.1) is 11.3 Å². The predicted molar refractivity (Wildman–Crippen MR) is 88.0 cm³/mol.